The Morgan fingerprint density at radius 1 is 0.931 bits per heavy atom. The molecule has 0 aromatic heterocycles. The van der Waals surface area contributed by atoms with Crippen LogP contribution in [0.2, 0.25) is 0 Å². The van der Waals surface area contributed by atoms with E-state index in [1.807, 2.05) is 71.3 Å². The zero-order chi connectivity index (χ0) is 20.4. The van der Waals surface area contributed by atoms with Gasteiger partial charge in [0, 0.05) is 63.8 Å². The van der Waals surface area contributed by atoms with Crippen LogP contribution in [0.5, 0.6) is 0 Å². The van der Waals surface area contributed by atoms with E-state index in [-0.39, 0.29) is 11.8 Å². The number of hydrogen-bond donors (Lipinski definition) is 0. The normalized spacial score (nSPS) is 16.6. The Labute approximate surface area is 172 Å². The van der Waals surface area contributed by atoms with Gasteiger partial charge in [-0.3, -0.25) is 14.5 Å². The molecule has 152 valence electrons. The predicted octanol–water partition coefficient (Wildman–Crippen LogP) is 2.10. The van der Waals surface area contributed by atoms with Crippen molar-refractivity contribution >= 4 is 23.2 Å². The van der Waals surface area contributed by atoms with Crippen molar-refractivity contribution in [3.63, 3.8) is 0 Å². The molecule has 1 fully saturated rings. The molecule has 0 aliphatic carbocycles. The average Bonchev–Trinajstić information content (AvgIpc) is 3.18. The number of carbonyl (C=O) groups is 2. The molecule has 2 heterocycles. The third-order valence-corrected chi connectivity index (χ3v) is 5.82. The van der Waals surface area contributed by atoms with Gasteiger partial charge in [-0.15, -0.1) is 0 Å². The summed E-state index contributed by atoms with van der Waals surface area (Å²) in [6, 6.07) is 15.9. The van der Waals surface area contributed by atoms with Gasteiger partial charge in [-0.1, -0.05) is 24.3 Å². The molecule has 2 aliphatic rings. The van der Waals surface area contributed by atoms with E-state index in [2.05, 4.69) is 11.0 Å². The van der Waals surface area contributed by atoms with Crippen LogP contribution in [0, 0.1) is 0 Å². The van der Waals surface area contributed by atoms with Crippen LogP contribution in [0.15, 0.2) is 48.5 Å². The summed E-state index contributed by atoms with van der Waals surface area (Å²) in [5.41, 5.74) is 4.03. The summed E-state index contributed by atoms with van der Waals surface area (Å²) >= 11 is 0. The first-order valence-electron chi connectivity index (χ1n) is 10.2. The smallest absolute Gasteiger partial charge is 0.254 e. The number of anilines is 2. The maximum absolute atomic E-state index is 12.9. The van der Waals surface area contributed by atoms with Gasteiger partial charge >= 0.3 is 0 Å². The predicted molar refractivity (Wildman–Crippen MR) is 116 cm³/mol. The molecule has 0 radical (unpaired) electrons. The molecule has 0 unspecified atom stereocenters. The van der Waals surface area contributed by atoms with Crippen LogP contribution < -0.4 is 9.80 Å². The quantitative estimate of drug-likeness (QED) is 0.800. The molecule has 0 N–H and O–H groups in total. The molecule has 1 saturated heterocycles. The third-order valence-electron chi connectivity index (χ3n) is 5.82. The summed E-state index contributed by atoms with van der Waals surface area (Å²) in [6.45, 7) is 3.91. The van der Waals surface area contributed by atoms with Crippen LogP contribution in [-0.2, 0) is 11.2 Å². The van der Waals surface area contributed by atoms with E-state index in [1.165, 1.54) is 5.56 Å². The molecule has 2 amide bonds. The number of rotatable bonds is 4. The molecule has 2 aromatic carbocycles. The van der Waals surface area contributed by atoms with Gasteiger partial charge in [-0.2, -0.15) is 0 Å². The van der Waals surface area contributed by atoms with Crippen molar-refractivity contribution in [2.75, 3.05) is 63.2 Å². The van der Waals surface area contributed by atoms with Crippen molar-refractivity contribution in [3.05, 3.63) is 59.7 Å². The highest BCUT2D eigenvalue weighted by Gasteiger charge is 2.28. The molecule has 0 spiro atoms. The number of para-hydroxylation sites is 1. The Hall–Kier alpha value is -2.86. The minimum Gasteiger partial charge on any atom is -0.378 e. The Kier molecular flexibility index (Phi) is 5.53. The SMILES string of the molecule is CN(C)c1cccc(C(=O)N2CCN(CC(=O)N3CCc4ccccc43)CC2)c1. The Morgan fingerprint density at radius 2 is 1.69 bits per heavy atom. The molecular weight excluding hydrogens is 364 g/mol. The molecule has 2 aliphatic heterocycles. The number of piperazine rings is 1. The standard InChI is InChI=1S/C23H28N4O2/c1-24(2)20-8-5-7-19(16-20)23(29)26-14-12-25(13-15-26)17-22(28)27-11-10-18-6-3-4-9-21(18)27/h3-9,16H,10-15,17H2,1-2H3. The van der Waals surface area contributed by atoms with Gasteiger partial charge in [0.1, 0.15) is 0 Å². The summed E-state index contributed by atoms with van der Waals surface area (Å²) in [4.78, 5) is 33.6. The molecule has 0 bridgehead atoms. The van der Waals surface area contributed by atoms with E-state index >= 15 is 0 Å². The van der Waals surface area contributed by atoms with E-state index < -0.39 is 0 Å². The molecule has 0 saturated carbocycles. The number of carbonyl (C=O) groups excluding carboxylic acids is 2. The van der Waals surface area contributed by atoms with Crippen LogP contribution >= 0.6 is 0 Å². The summed E-state index contributed by atoms with van der Waals surface area (Å²) < 4.78 is 0. The van der Waals surface area contributed by atoms with E-state index in [4.69, 9.17) is 0 Å². The fraction of sp³-hybridized carbons (Fsp3) is 0.391. The van der Waals surface area contributed by atoms with Gasteiger partial charge in [0.05, 0.1) is 6.54 Å². The zero-order valence-electron chi connectivity index (χ0n) is 17.2. The Bertz CT molecular complexity index is 903. The number of fused-ring (bicyclic) bond motifs is 1. The maximum Gasteiger partial charge on any atom is 0.254 e. The lowest BCUT2D eigenvalue weighted by Crippen LogP contribution is -2.51. The second-order valence-corrected chi connectivity index (χ2v) is 7.94. The summed E-state index contributed by atoms with van der Waals surface area (Å²) in [5, 5.41) is 0. The summed E-state index contributed by atoms with van der Waals surface area (Å²) in [6.07, 6.45) is 0.927. The van der Waals surface area contributed by atoms with Crippen LogP contribution in [0.4, 0.5) is 11.4 Å². The van der Waals surface area contributed by atoms with Gasteiger partial charge in [-0.05, 0) is 36.2 Å². The van der Waals surface area contributed by atoms with Gasteiger partial charge < -0.3 is 14.7 Å². The third kappa shape index (κ3) is 4.12. The molecule has 4 rings (SSSR count). The lowest BCUT2D eigenvalue weighted by atomic mass is 10.1. The van der Waals surface area contributed by atoms with Crippen LogP contribution in [-0.4, -0.2) is 75.0 Å². The van der Waals surface area contributed by atoms with Crippen molar-refractivity contribution < 1.29 is 9.59 Å². The van der Waals surface area contributed by atoms with Gasteiger partial charge in [0.15, 0.2) is 0 Å². The van der Waals surface area contributed by atoms with E-state index in [9.17, 15) is 9.59 Å². The monoisotopic (exact) mass is 392 g/mol. The van der Waals surface area contributed by atoms with E-state index in [0.29, 0.717) is 19.6 Å². The highest BCUT2D eigenvalue weighted by atomic mass is 16.2. The number of amides is 2. The molecule has 6 nitrogen and oxygen atoms in total. The van der Waals surface area contributed by atoms with Crippen molar-refractivity contribution in [2.24, 2.45) is 0 Å². The zero-order valence-corrected chi connectivity index (χ0v) is 17.2. The van der Waals surface area contributed by atoms with Gasteiger partial charge in [0.25, 0.3) is 5.91 Å². The van der Waals surface area contributed by atoms with Crippen LogP contribution in [0.3, 0.4) is 0 Å². The Morgan fingerprint density at radius 3 is 2.45 bits per heavy atom. The lowest BCUT2D eigenvalue weighted by Gasteiger charge is -2.35. The second kappa shape index (κ2) is 8.25. The fourth-order valence-corrected chi connectivity index (χ4v) is 4.08. The summed E-state index contributed by atoms with van der Waals surface area (Å²) in [5.74, 6) is 0.210. The molecule has 0 atom stereocenters. The van der Waals surface area contributed by atoms with Crippen molar-refractivity contribution in [1.29, 1.82) is 0 Å². The first-order chi connectivity index (χ1) is 14.0. The molecular formula is C23H28N4O2. The first kappa shape index (κ1) is 19.5. The first-order valence-corrected chi connectivity index (χ1v) is 10.2. The largest absolute Gasteiger partial charge is 0.378 e. The molecule has 6 heteroatoms. The number of hydrogen-bond acceptors (Lipinski definition) is 4. The maximum atomic E-state index is 12.9. The van der Waals surface area contributed by atoms with Crippen LogP contribution in [0.25, 0.3) is 0 Å². The second-order valence-electron chi connectivity index (χ2n) is 7.94. The highest BCUT2D eigenvalue weighted by molar-refractivity contribution is 5.97. The number of nitrogens with zero attached hydrogens (tertiary/aromatic N) is 4. The van der Waals surface area contributed by atoms with Crippen LogP contribution in [0.1, 0.15) is 15.9 Å². The topological polar surface area (TPSA) is 47.1 Å². The highest BCUT2D eigenvalue weighted by Crippen LogP contribution is 2.27. The van der Waals surface area contributed by atoms with Gasteiger partial charge in [0.2, 0.25) is 5.91 Å². The minimum absolute atomic E-state index is 0.0631. The molecule has 29 heavy (non-hydrogen) atoms. The molecule has 2 aromatic rings. The minimum atomic E-state index is 0.0631. The van der Waals surface area contributed by atoms with E-state index in [1.54, 1.807) is 0 Å². The average molecular weight is 393 g/mol. The Balaban J connectivity index is 1.32. The van der Waals surface area contributed by atoms with Gasteiger partial charge in [-0.25, -0.2) is 0 Å². The number of benzene rings is 2. The van der Waals surface area contributed by atoms with E-state index in [0.717, 1.165) is 43.0 Å². The summed E-state index contributed by atoms with van der Waals surface area (Å²) in [7, 11) is 3.94. The van der Waals surface area contributed by atoms with Crippen molar-refractivity contribution in [1.82, 2.24) is 9.80 Å². The lowest BCUT2D eigenvalue weighted by molar-refractivity contribution is -0.120. The fourth-order valence-electron chi connectivity index (χ4n) is 4.08. The van der Waals surface area contributed by atoms with Crippen molar-refractivity contribution in [3.8, 4) is 0 Å². The van der Waals surface area contributed by atoms with Crippen molar-refractivity contribution in [2.45, 2.75) is 6.42 Å².